The van der Waals surface area contributed by atoms with Crippen LogP contribution in [-0.2, 0) is 14.2 Å². The van der Waals surface area contributed by atoms with Crippen molar-refractivity contribution < 1.29 is 19.0 Å². The van der Waals surface area contributed by atoms with Gasteiger partial charge in [0.2, 0.25) is 0 Å². The fourth-order valence-electron chi connectivity index (χ4n) is 4.59. The van der Waals surface area contributed by atoms with Crippen LogP contribution in [0.2, 0.25) is 0 Å². The Hall–Kier alpha value is -0.850. The topological polar surface area (TPSA) is 51.2 Å². The average Bonchev–Trinajstić information content (AvgIpc) is 3.07. The van der Waals surface area contributed by atoms with Gasteiger partial charge in [0.1, 0.15) is 6.61 Å². The quantitative estimate of drug-likeness (QED) is 0.685. The fourth-order valence-corrected chi connectivity index (χ4v) is 4.59. The highest BCUT2D eigenvalue weighted by Gasteiger charge is 2.50. The van der Waals surface area contributed by atoms with Crippen LogP contribution in [0.15, 0.2) is 0 Å². The summed E-state index contributed by atoms with van der Waals surface area (Å²) in [5.74, 6) is 0.430. The number of fused-ring (bicyclic) bond motifs is 1. The second kappa shape index (κ2) is 8.11. The lowest BCUT2D eigenvalue weighted by molar-refractivity contribution is -0.0627. The zero-order chi connectivity index (χ0) is 20.6. The highest BCUT2D eigenvalue weighted by atomic mass is 16.6. The lowest BCUT2D eigenvalue weighted by Crippen LogP contribution is -2.53. The van der Waals surface area contributed by atoms with E-state index in [1.165, 1.54) is 12.8 Å². The van der Waals surface area contributed by atoms with Gasteiger partial charge in [0.05, 0.1) is 24.4 Å². The van der Waals surface area contributed by atoms with E-state index < -0.39 is 0 Å². The zero-order valence-electron chi connectivity index (χ0n) is 18.8. The third-order valence-corrected chi connectivity index (χ3v) is 6.17. The van der Waals surface area contributed by atoms with Gasteiger partial charge in [-0.25, -0.2) is 4.79 Å². The molecule has 3 aliphatic rings. The molecule has 0 aromatic carbocycles. The number of likely N-dealkylation sites (tertiary alicyclic amines) is 1. The van der Waals surface area contributed by atoms with Crippen LogP contribution in [0.25, 0.3) is 0 Å². The molecule has 1 amide bonds. The normalized spacial score (nSPS) is 29.1. The van der Waals surface area contributed by atoms with E-state index in [1.807, 2.05) is 0 Å². The van der Waals surface area contributed by atoms with Gasteiger partial charge in [-0.15, -0.1) is 0 Å². The molecule has 0 saturated carbocycles. The van der Waals surface area contributed by atoms with Crippen molar-refractivity contribution in [2.45, 2.75) is 90.0 Å². The van der Waals surface area contributed by atoms with Crippen LogP contribution < -0.4 is 0 Å². The Bertz CT molecular complexity index is 548. The molecule has 162 valence electrons. The molecule has 3 rings (SSSR count). The van der Waals surface area contributed by atoms with Crippen molar-refractivity contribution in [3.8, 4) is 0 Å². The maximum Gasteiger partial charge on any atom is 0.409 e. The third-order valence-electron chi connectivity index (χ3n) is 6.17. The Morgan fingerprint density at radius 2 is 1.68 bits per heavy atom. The van der Waals surface area contributed by atoms with Crippen LogP contribution in [0.1, 0.15) is 67.2 Å². The van der Waals surface area contributed by atoms with E-state index in [9.17, 15) is 4.79 Å². The van der Waals surface area contributed by atoms with Crippen molar-refractivity contribution in [3.05, 3.63) is 0 Å². The summed E-state index contributed by atoms with van der Waals surface area (Å²) in [6, 6.07) is 0.330. The molecule has 2 unspecified atom stereocenters. The number of hydrogen-bond acceptors (Lipinski definition) is 5. The lowest BCUT2D eigenvalue weighted by Gasteiger charge is -2.40. The molecule has 0 aromatic rings. The summed E-state index contributed by atoms with van der Waals surface area (Å²) in [7, 11) is 0. The van der Waals surface area contributed by atoms with Gasteiger partial charge in [0.25, 0.3) is 0 Å². The van der Waals surface area contributed by atoms with Gasteiger partial charge in [0.15, 0.2) is 0 Å². The number of nitrogens with zero attached hydrogens (tertiary/aromatic N) is 2. The largest absolute Gasteiger partial charge is 0.448 e. The van der Waals surface area contributed by atoms with Gasteiger partial charge in [-0.05, 0) is 73.8 Å². The van der Waals surface area contributed by atoms with Crippen molar-refractivity contribution in [3.63, 3.8) is 0 Å². The molecule has 6 nitrogen and oxygen atoms in total. The SMILES string of the molecule is CC(C)(C)OCC1CN(C(=O)OCC2CCC3(COC(C)(C)C)CCCN23)C1. The van der Waals surface area contributed by atoms with Crippen LogP contribution in [0.3, 0.4) is 0 Å². The maximum absolute atomic E-state index is 12.4. The van der Waals surface area contributed by atoms with Crippen molar-refractivity contribution in [1.82, 2.24) is 9.80 Å². The Morgan fingerprint density at radius 1 is 1.00 bits per heavy atom. The molecular weight excluding hydrogens is 356 g/mol. The summed E-state index contributed by atoms with van der Waals surface area (Å²) in [6.45, 7) is 17.1. The number of hydrogen-bond donors (Lipinski definition) is 0. The van der Waals surface area contributed by atoms with Gasteiger partial charge in [0, 0.05) is 30.6 Å². The first-order valence-corrected chi connectivity index (χ1v) is 10.9. The first-order valence-electron chi connectivity index (χ1n) is 10.9. The van der Waals surface area contributed by atoms with Crippen molar-refractivity contribution >= 4 is 6.09 Å². The summed E-state index contributed by atoms with van der Waals surface area (Å²) in [4.78, 5) is 16.7. The summed E-state index contributed by atoms with van der Waals surface area (Å²) >= 11 is 0. The molecular formula is C22H40N2O4. The van der Waals surface area contributed by atoms with Gasteiger partial charge < -0.3 is 19.1 Å². The van der Waals surface area contributed by atoms with Crippen LogP contribution in [0, 0.1) is 5.92 Å². The number of amides is 1. The van der Waals surface area contributed by atoms with E-state index in [0.29, 0.717) is 25.2 Å². The molecule has 3 fully saturated rings. The zero-order valence-corrected chi connectivity index (χ0v) is 18.8. The second-order valence-electron chi connectivity index (χ2n) is 10.9. The third kappa shape index (κ3) is 5.39. The molecule has 28 heavy (non-hydrogen) atoms. The summed E-state index contributed by atoms with van der Waals surface area (Å²) in [6.07, 6.45) is 4.45. The van der Waals surface area contributed by atoms with Crippen LogP contribution in [-0.4, -0.2) is 78.1 Å². The van der Waals surface area contributed by atoms with Crippen molar-refractivity contribution in [1.29, 1.82) is 0 Å². The van der Waals surface area contributed by atoms with E-state index in [1.54, 1.807) is 4.90 Å². The van der Waals surface area contributed by atoms with Gasteiger partial charge in [-0.3, -0.25) is 4.90 Å². The minimum atomic E-state index is -0.172. The van der Waals surface area contributed by atoms with Gasteiger partial charge in [-0.1, -0.05) is 0 Å². The maximum atomic E-state index is 12.4. The Morgan fingerprint density at radius 3 is 2.32 bits per heavy atom. The highest BCUT2D eigenvalue weighted by Crippen LogP contribution is 2.43. The smallest absolute Gasteiger partial charge is 0.409 e. The Labute approximate surface area is 170 Å². The number of rotatable bonds is 6. The monoisotopic (exact) mass is 396 g/mol. The lowest BCUT2D eigenvalue weighted by atomic mass is 9.95. The predicted octanol–water partition coefficient (Wildman–Crippen LogP) is 3.68. The fraction of sp³-hybridized carbons (Fsp3) is 0.955. The number of carbonyl (C=O) groups excluding carboxylic acids is 1. The van der Waals surface area contributed by atoms with Crippen LogP contribution in [0.4, 0.5) is 4.79 Å². The molecule has 0 spiro atoms. The minimum Gasteiger partial charge on any atom is -0.448 e. The number of ether oxygens (including phenoxy) is 3. The van der Waals surface area contributed by atoms with E-state index in [0.717, 1.165) is 39.1 Å². The molecule has 3 saturated heterocycles. The van der Waals surface area contributed by atoms with Gasteiger partial charge in [-0.2, -0.15) is 0 Å². The summed E-state index contributed by atoms with van der Waals surface area (Å²) < 4.78 is 17.6. The molecule has 3 heterocycles. The molecule has 0 aromatic heterocycles. The van der Waals surface area contributed by atoms with Crippen LogP contribution >= 0.6 is 0 Å². The number of carbonyl (C=O) groups is 1. The Balaban J connectivity index is 1.40. The van der Waals surface area contributed by atoms with Crippen LogP contribution in [0.5, 0.6) is 0 Å². The van der Waals surface area contributed by atoms with E-state index in [-0.39, 0.29) is 22.8 Å². The first-order chi connectivity index (χ1) is 13.0. The Kier molecular flexibility index (Phi) is 6.33. The van der Waals surface area contributed by atoms with Crippen molar-refractivity contribution in [2.75, 3.05) is 39.5 Å². The molecule has 3 aliphatic heterocycles. The minimum absolute atomic E-state index is 0.113. The van der Waals surface area contributed by atoms with E-state index in [4.69, 9.17) is 14.2 Å². The molecule has 0 bridgehead atoms. The van der Waals surface area contributed by atoms with E-state index >= 15 is 0 Å². The first kappa shape index (κ1) is 21.8. The van der Waals surface area contributed by atoms with E-state index in [2.05, 4.69) is 46.4 Å². The summed E-state index contributed by atoms with van der Waals surface area (Å²) in [5, 5.41) is 0. The van der Waals surface area contributed by atoms with Crippen molar-refractivity contribution in [2.24, 2.45) is 5.92 Å². The molecule has 2 atom stereocenters. The molecule has 0 radical (unpaired) electrons. The molecule has 0 aliphatic carbocycles. The average molecular weight is 397 g/mol. The standard InChI is InChI=1S/C22H40N2O4/c1-20(2,3)27-14-17-12-23(13-17)19(25)26-15-18-8-10-22(9-7-11-24(18)22)16-28-21(4,5)6/h17-18H,7-16H2,1-6H3. The summed E-state index contributed by atoms with van der Waals surface area (Å²) in [5.41, 5.74) is -0.0862. The second-order valence-corrected chi connectivity index (χ2v) is 10.9. The highest BCUT2D eigenvalue weighted by molar-refractivity contribution is 5.68. The predicted molar refractivity (Wildman–Crippen MR) is 110 cm³/mol. The van der Waals surface area contributed by atoms with Gasteiger partial charge >= 0.3 is 6.09 Å². The molecule has 0 N–H and O–H groups in total. The molecule has 6 heteroatoms.